The summed E-state index contributed by atoms with van der Waals surface area (Å²) in [7, 11) is 0. The van der Waals surface area contributed by atoms with Crippen LogP contribution in [0.1, 0.15) is 12.8 Å². The molecule has 2 rings (SSSR count). The Morgan fingerprint density at radius 2 is 0.938 bits per heavy atom. The Labute approximate surface area is 101 Å². The molecule has 0 unspecified atom stereocenters. The maximum atomic E-state index is 10.9. The molecule has 0 aliphatic carbocycles. The van der Waals surface area contributed by atoms with Crippen molar-refractivity contribution >= 4 is 30.8 Å². The molecule has 2 aliphatic heterocycles. The van der Waals surface area contributed by atoms with Crippen LogP contribution < -0.4 is 18.9 Å². The molecule has 8 nitrogen and oxygen atoms in total. The average molecular weight is 222 g/mol. The molecule has 1 spiro atoms. The quantitative estimate of drug-likeness (QED) is 0.297. The molecule has 80 valence electrons. The third-order valence-electron chi connectivity index (χ3n) is 1.68. The molecule has 2 aliphatic rings. The van der Waals surface area contributed by atoms with E-state index in [2.05, 4.69) is 18.6 Å². The van der Waals surface area contributed by atoms with Crippen LogP contribution in [0.4, 0.5) is 0 Å². The van der Waals surface area contributed by atoms with Crippen LogP contribution in [0.25, 0.3) is 0 Å². The normalized spacial score (nSPS) is 22.5. The van der Waals surface area contributed by atoms with Gasteiger partial charge in [-0.2, -0.15) is 0 Å². The second-order valence-electron chi connectivity index (χ2n) is 2.89. The van der Waals surface area contributed by atoms with Crippen LogP contribution in [0.2, 0.25) is 0 Å². The zero-order valence-corrected chi connectivity index (χ0v) is 8.26. The van der Waals surface area contributed by atoms with Crippen molar-refractivity contribution in [2.45, 2.75) is 12.8 Å². The van der Waals surface area contributed by atoms with Gasteiger partial charge in [-0.1, -0.05) is 0 Å². The van der Waals surface area contributed by atoms with E-state index < -0.39 is 43.7 Å². The Balaban J connectivity index is 0.00000128. The molecule has 0 saturated carbocycles. The Bertz CT molecular complexity index is 307. The number of carbonyl (C=O) groups excluding carboxylic acids is 4. The maximum Gasteiger partial charge on any atom is 1.00 e. The fourth-order valence-electron chi connectivity index (χ4n) is 1.19. The summed E-state index contributed by atoms with van der Waals surface area (Å²) >= 11 is 0. The molecule has 10 heteroatoms. The van der Waals surface area contributed by atoms with Crippen LogP contribution >= 0.6 is 0 Å². The molecule has 0 atom stereocenters. The Hall–Kier alpha value is -1.46. The first-order valence-electron chi connectivity index (χ1n) is 3.99. The van der Waals surface area contributed by atoms with E-state index in [1.54, 1.807) is 0 Å². The molecule has 0 bridgehead atoms. The van der Waals surface area contributed by atoms with Gasteiger partial charge in [-0.05, 0) is 0 Å². The molecule has 0 aromatic heterocycles. The summed E-state index contributed by atoms with van der Waals surface area (Å²) < 4.78 is 17.7. The first-order valence-corrected chi connectivity index (χ1v) is 3.99. The summed E-state index contributed by atoms with van der Waals surface area (Å²) in [4.78, 5) is 43.5. The summed E-state index contributed by atoms with van der Waals surface area (Å²) in [5.41, 5.74) is 0. The predicted octanol–water partition coefficient (Wildman–Crippen LogP) is -4.59. The third kappa shape index (κ3) is 2.37. The molecule has 0 N–H and O–H groups in total. The van der Waals surface area contributed by atoms with E-state index in [4.69, 9.17) is 0 Å². The molecular formula is C6H4BLiO8. The first kappa shape index (κ1) is 12.6. The Morgan fingerprint density at radius 3 is 1.19 bits per heavy atom. The van der Waals surface area contributed by atoms with E-state index in [1.807, 2.05) is 0 Å². The van der Waals surface area contributed by atoms with E-state index in [0.717, 1.165) is 0 Å². The van der Waals surface area contributed by atoms with Crippen molar-refractivity contribution in [3.8, 4) is 0 Å². The summed E-state index contributed by atoms with van der Waals surface area (Å²) in [5, 5.41) is 0. The predicted molar refractivity (Wildman–Crippen MR) is 39.4 cm³/mol. The van der Waals surface area contributed by atoms with Gasteiger partial charge in [0.15, 0.2) is 0 Å². The Kier molecular flexibility index (Phi) is 3.30. The van der Waals surface area contributed by atoms with Crippen LogP contribution in [0.3, 0.4) is 0 Å². The molecule has 2 fully saturated rings. The smallest absolute Gasteiger partial charge is 0.584 e. The van der Waals surface area contributed by atoms with Gasteiger partial charge in [-0.15, -0.1) is 0 Å². The van der Waals surface area contributed by atoms with Crippen molar-refractivity contribution in [2.75, 3.05) is 0 Å². The van der Waals surface area contributed by atoms with Crippen LogP contribution in [0.15, 0.2) is 0 Å². The van der Waals surface area contributed by atoms with Gasteiger partial charge in [-0.25, -0.2) is 0 Å². The minimum atomic E-state index is -3.36. The zero-order valence-electron chi connectivity index (χ0n) is 8.26. The Morgan fingerprint density at radius 1 is 0.688 bits per heavy atom. The van der Waals surface area contributed by atoms with Gasteiger partial charge in [0.2, 0.25) is 0 Å². The van der Waals surface area contributed by atoms with Crippen LogP contribution in [-0.2, 0) is 37.8 Å². The minimum absolute atomic E-state index is 0. The second kappa shape index (κ2) is 4.19. The first-order chi connectivity index (χ1) is 6.99. The van der Waals surface area contributed by atoms with Crippen LogP contribution in [0.5, 0.6) is 0 Å². The van der Waals surface area contributed by atoms with Gasteiger partial charge in [0.25, 0.3) is 23.9 Å². The van der Waals surface area contributed by atoms with E-state index in [1.165, 1.54) is 0 Å². The van der Waals surface area contributed by atoms with E-state index >= 15 is 0 Å². The number of carbonyl (C=O) groups is 4. The molecule has 0 aromatic carbocycles. The van der Waals surface area contributed by atoms with E-state index in [9.17, 15) is 19.2 Å². The molecule has 0 amide bonds. The van der Waals surface area contributed by atoms with Gasteiger partial charge in [-0.3, -0.25) is 19.2 Å². The fraction of sp³-hybridized carbons (Fsp3) is 0.333. The molecule has 2 heterocycles. The number of hydrogen-bond acceptors (Lipinski definition) is 8. The van der Waals surface area contributed by atoms with E-state index in [0.29, 0.717) is 0 Å². The standard InChI is InChI=1S/C6H4BO8.Li/c8-3-1-4(9)13-7(12-3)14-5(10)2-6(11)15-7;/h1-2H2;/q-1;+1. The SMILES string of the molecule is O=C1CC(=O)O[B-]2(O1)OC(=O)CC(=O)O2.[Li+]. The van der Waals surface area contributed by atoms with Gasteiger partial charge in [0.1, 0.15) is 12.8 Å². The summed E-state index contributed by atoms with van der Waals surface area (Å²) in [6, 6.07) is 0. The summed E-state index contributed by atoms with van der Waals surface area (Å²) in [5.74, 6) is -3.91. The molecule has 16 heavy (non-hydrogen) atoms. The second-order valence-corrected chi connectivity index (χ2v) is 2.89. The number of rotatable bonds is 0. The van der Waals surface area contributed by atoms with Crippen molar-refractivity contribution in [1.29, 1.82) is 0 Å². The van der Waals surface area contributed by atoms with Crippen molar-refractivity contribution in [2.24, 2.45) is 0 Å². The van der Waals surface area contributed by atoms with Crippen molar-refractivity contribution in [1.82, 2.24) is 0 Å². The van der Waals surface area contributed by atoms with Crippen molar-refractivity contribution < 1.29 is 56.7 Å². The summed E-state index contributed by atoms with van der Waals surface area (Å²) in [6.07, 6.45) is -1.22. The van der Waals surface area contributed by atoms with Gasteiger partial charge in [0.05, 0.1) is 0 Å². The third-order valence-corrected chi connectivity index (χ3v) is 1.68. The van der Waals surface area contributed by atoms with Gasteiger partial charge >= 0.3 is 25.8 Å². The zero-order chi connectivity index (χ0) is 11.1. The molecular weight excluding hydrogens is 218 g/mol. The minimum Gasteiger partial charge on any atom is -0.584 e. The largest absolute Gasteiger partial charge is 1.00 e. The topological polar surface area (TPSA) is 105 Å². The molecule has 0 radical (unpaired) electrons. The summed E-state index contributed by atoms with van der Waals surface area (Å²) in [6.45, 7) is -3.36. The van der Waals surface area contributed by atoms with Crippen LogP contribution in [-0.4, -0.2) is 30.8 Å². The van der Waals surface area contributed by atoms with Crippen LogP contribution in [0, 0.1) is 0 Å². The van der Waals surface area contributed by atoms with Crippen molar-refractivity contribution in [3.05, 3.63) is 0 Å². The number of hydrogen-bond donors (Lipinski definition) is 0. The fourth-order valence-corrected chi connectivity index (χ4v) is 1.19. The monoisotopic (exact) mass is 222 g/mol. The molecule has 0 aromatic rings. The molecule has 2 saturated heterocycles. The van der Waals surface area contributed by atoms with Gasteiger partial charge < -0.3 is 18.6 Å². The van der Waals surface area contributed by atoms with Crippen molar-refractivity contribution in [3.63, 3.8) is 0 Å². The average Bonchev–Trinajstić information content (AvgIpc) is 1.96. The van der Waals surface area contributed by atoms with E-state index in [-0.39, 0.29) is 18.9 Å². The maximum absolute atomic E-state index is 10.9. The van der Waals surface area contributed by atoms with Gasteiger partial charge in [0, 0.05) is 0 Å².